The maximum Gasteiger partial charge on any atom is 0.118 e. The van der Waals surface area contributed by atoms with E-state index in [1.807, 2.05) is 32.9 Å². The SMILES string of the molecule is C=C(C)C(=NC(C)=N)C(=C(C)C)c1ccccc1C.CC.CCCC(C)(CCC)C(C)C.CS. The summed E-state index contributed by atoms with van der Waals surface area (Å²) in [5.74, 6) is 1.13. The summed E-state index contributed by atoms with van der Waals surface area (Å²) in [6.07, 6.45) is 7.13. The topological polar surface area (TPSA) is 36.2 Å². The van der Waals surface area contributed by atoms with Gasteiger partial charge in [-0.1, -0.05) is 97.7 Å². The minimum absolute atomic E-state index is 0.297. The van der Waals surface area contributed by atoms with Crippen LogP contribution in [-0.4, -0.2) is 17.8 Å². The number of hydrogen-bond donors (Lipinski definition) is 2. The Morgan fingerprint density at radius 3 is 1.74 bits per heavy atom. The molecule has 2 nitrogen and oxygen atoms in total. The lowest BCUT2D eigenvalue weighted by atomic mass is 9.72. The van der Waals surface area contributed by atoms with Crippen LogP contribution in [-0.2, 0) is 0 Å². The Balaban J connectivity index is -0.000000547. The van der Waals surface area contributed by atoms with Crippen molar-refractivity contribution in [2.45, 2.75) is 109 Å². The molecule has 0 aromatic heterocycles. The van der Waals surface area contributed by atoms with E-state index in [4.69, 9.17) is 5.41 Å². The molecule has 0 spiro atoms. The van der Waals surface area contributed by atoms with Crippen LogP contribution in [0.15, 0.2) is 47.0 Å². The number of thiol groups is 1. The predicted octanol–water partition coefficient (Wildman–Crippen LogP) is 10.6. The molecule has 1 aromatic carbocycles. The number of amidine groups is 1. The van der Waals surface area contributed by atoms with E-state index in [2.05, 4.69) is 91.7 Å². The molecule has 0 fully saturated rings. The lowest BCUT2D eigenvalue weighted by Gasteiger charge is -2.33. The van der Waals surface area contributed by atoms with Crippen LogP contribution in [0.4, 0.5) is 0 Å². The highest BCUT2D eigenvalue weighted by Crippen LogP contribution is 2.36. The highest BCUT2D eigenvalue weighted by molar-refractivity contribution is 7.79. The maximum absolute atomic E-state index is 7.62. The number of benzene rings is 1. The Morgan fingerprint density at radius 2 is 1.44 bits per heavy atom. The zero-order valence-electron chi connectivity index (χ0n) is 24.8. The number of hydrogen-bond acceptors (Lipinski definition) is 2. The normalized spacial score (nSPS) is 10.6. The zero-order valence-corrected chi connectivity index (χ0v) is 25.7. The average Bonchev–Trinajstić information content (AvgIpc) is 2.77. The van der Waals surface area contributed by atoms with E-state index in [0.29, 0.717) is 11.3 Å². The van der Waals surface area contributed by atoms with Crippen molar-refractivity contribution < 1.29 is 0 Å². The number of rotatable bonds is 8. The first-order chi connectivity index (χ1) is 15.9. The van der Waals surface area contributed by atoms with Crippen molar-refractivity contribution in [2.75, 3.05) is 6.26 Å². The summed E-state index contributed by atoms with van der Waals surface area (Å²) >= 11 is 3.53. The molecule has 1 rings (SSSR count). The van der Waals surface area contributed by atoms with Crippen LogP contribution in [0.5, 0.6) is 0 Å². The average molecular weight is 489 g/mol. The zero-order chi connectivity index (χ0) is 27.5. The van der Waals surface area contributed by atoms with E-state index in [1.54, 1.807) is 13.2 Å². The van der Waals surface area contributed by atoms with Crippen molar-refractivity contribution in [1.82, 2.24) is 0 Å². The minimum Gasteiger partial charge on any atom is -0.287 e. The standard InChI is InChI=1S/C17H22N2.C11H24.C2H6.CH4S/c1-11(2)16(15-10-8-7-9-13(15)5)17(12(3)4)19-14(6)18;1-6-8-11(5,9-7-2)10(3)4;2*1-2/h7-10,18H,3H2,1-2,4-6H3;10H,6-9H2,1-5H3;1-2H3;2H,1H3. The van der Waals surface area contributed by atoms with Crippen LogP contribution in [0, 0.1) is 23.7 Å². The molecule has 1 aromatic rings. The predicted molar refractivity (Wildman–Crippen MR) is 164 cm³/mol. The van der Waals surface area contributed by atoms with Crippen LogP contribution < -0.4 is 0 Å². The molecule has 0 aliphatic heterocycles. The highest BCUT2D eigenvalue weighted by atomic mass is 32.1. The monoisotopic (exact) mass is 488 g/mol. The van der Waals surface area contributed by atoms with Gasteiger partial charge >= 0.3 is 0 Å². The van der Waals surface area contributed by atoms with Gasteiger partial charge in [-0.15, -0.1) is 0 Å². The summed E-state index contributed by atoms with van der Waals surface area (Å²) in [6.45, 7) is 29.6. The van der Waals surface area contributed by atoms with Crippen LogP contribution in [0.3, 0.4) is 0 Å². The van der Waals surface area contributed by atoms with E-state index in [-0.39, 0.29) is 0 Å². The molecule has 0 saturated carbocycles. The molecule has 0 aliphatic carbocycles. The smallest absolute Gasteiger partial charge is 0.118 e. The summed E-state index contributed by atoms with van der Waals surface area (Å²) in [6, 6.07) is 8.24. The molecule has 0 radical (unpaired) electrons. The third-order valence-electron chi connectivity index (χ3n) is 5.87. The van der Waals surface area contributed by atoms with Gasteiger partial charge in [0.25, 0.3) is 0 Å². The van der Waals surface area contributed by atoms with Crippen molar-refractivity contribution in [3.8, 4) is 0 Å². The maximum atomic E-state index is 7.62. The number of nitrogens with one attached hydrogen (secondary N) is 1. The minimum atomic E-state index is 0.297. The van der Waals surface area contributed by atoms with Gasteiger partial charge in [0.05, 0.1) is 5.71 Å². The van der Waals surface area contributed by atoms with Crippen molar-refractivity contribution in [3.05, 3.63) is 53.1 Å². The molecule has 0 amide bonds. The van der Waals surface area contributed by atoms with Gasteiger partial charge in [0, 0.05) is 5.57 Å². The van der Waals surface area contributed by atoms with Gasteiger partial charge in [0.2, 0.25) is 0 Å². The fraction of sp³-hybridized carbons (Fsp3) is 0.613. The molecule has 3 heteroatoms. The summed E-state index contributed by atoms with van der Waals surface area (Å²) in [5, 5.41) is 7.62. The van der Waals surface area contributed by atoms with Crippen LogP contribution >= 0.6 is 12.6 Å². The molecule has 1 N–H and O–H groups in total. The third kappa shape index (κ3) is 13.9. The number of aliphatic imine (C=N–C) groups is 1. The van der Waals surface area contributed by atoms with Gasteiger partial charge in [0.15, 0.2) is 0 Å². The van der Waals surface area contributed by atoms with Crippen LogP contribution in [0.1, 0.15) is 113 Å². The Kier molecular flexibility index (Phi) is 22.5. The van der Waals surface area contributed by atoms with Crippen LogP contribution in [0.25, 0.3) is 5.57 Å². The lowest BCUT2D eigenvalue weighted by molar-refractivity contribution is 0.178. The van der Waals surface area contributed by atoms with Gasteiger partial charge in [-0.2, -0.15) is 12.6 Å². The second-order valence-electron chi connectivity index (χ2n) is 9.32. The highest BCUT2D eigenvalue weighted by Gasteiger charge is 2.25. The molecule has 0 heterocycles. The molecule has 0 saturated heterocycles. The molecule has 0 aliphatic rings. The van der Waals surface area contributed by atoms with E-state index in [9.17, 15) is 0 Å². The first kappa shape index (κ1) is 36.9. The Labute approximate surface area is 219 Å². The van der Waals surface area contributed by atoms with E-state index in [0.717, 1.165) is 28.3 Å². The Bertz CT molecular complexity index is 759. The van der Waals surface area contributed by atoms with Crippen molar-refractivity contribution in [3.63, 3.8) is 0 Å². The summed E-state index contributed by atoms with van der Waals surface area (Å²) in [7, 11) is 0. The van der Waals surface area contributed by atoms with E-state index < -0.39 is 0 Å². The van der Waals surface area contributed by atoms with Crippen molar-refractivity contribution >= 4 is 29.7 Å². The Morgan fingerprint density at radius 1 is 1.00 bits per heavy atom. The van der Waals surface area contributed by atoms with Crippen molar-refractivity contribution in [1.29, 1.82) is 5.41 Å². The molecule has 196 valence electrons. The van der Waals surface area contributed by atoms with E-state index in [1.165, 1.54) is 36.8 Å². The second kappa shape index (κ2) is 20.7. The second-order valence-corrected chi connectivity index (χ2v) is 9.32. The molecular formula is C31H56N2S. The van der Waals surface area contributed by atoms with Gasteiger partial charge < -0.3 is 0 Å². The van der Waals surface area contributed by atoms with Crippen molar-refractivity contribution in [2.24, 2.45) is 16.3 Å². The quantitative estimate of drug-likeness (QED) is 0.207. The lowest BCUT2D eigenvalue weighted by Crippen LogP contribution is -2.22. The molecule has 0 bridgehead atoms. The van der Waals surface area contributed by atoms with Gasteiger partial charge in [-0.05, 0) is 81.7 Å². The van der Waals surface area contributed by atoms with Gasteiger partial charge in [-0.3, -0.25) is 5.41 Å². The number of allylic oxidation sites excluding steroid dienone is 3. The molecule has 0 unspecified atom stereocenters. The summed E-state index contributed by atoms with van der Waals surface area (Å²) < 4.78 is 0. The molecule has 34 heavy (non-hydrogen) atoms. The number of nitrogens with zero attached hydrogens (tertiary/aromatic N) is 1. The number of aryl methyl sites for hydroxylation is 1. The summed E-state index contributed by atoms with van der Waals surface area (Å²) in [5.41, 5.74) is 6.91. The third-order valence-corrected chi connectivity index (χ3v) is 5.87. The molecular weight excluding hydrogens is 432 g/mol. The van der Waals surface area contributed by atoms with Gasteiger partial charge in [0.1, 0.15) is 5.84 Å². The summed E-state index contributed by atoms with van der Waals surface area (Å²) in [4.78, 5) is 4.36. The first-order valence-electron chi connectivity index (χ1n) is 12.9. The van der Waals surface area contributed by atoms with E-state index >= 15 is 0 Å². The van der Waals surface area contributed by atoms with Crippen LogP contribution in [0.2, 0.25) is 0 Å². The fourth-order valence-corrected chi connectivity index (χ4v) is 3.86. The Hall–Kier alpha value is -1.61. The fourth-order valence-electron chi connectivity index (χ4n) is 3.86. The van der Waals surface area contributed by atoms with Gasteiger partial charge in [-0.25, -0.2) is 4.99 Å². The molecule has 0 atom stereocenters. The first-order valence-corrected chi connectivity index (χ1v) is 13.8. The largest absolute Gasteiger partial charge is 0.287 e.